The number of amides is 2. The molecule has 7 nitrogen and oxygen atoms in total. The molecule has 1 aliphatic heterocycles. The molecule has 2 amide bonds. The molecule has 1 aliphatic rings. The maximum atomic E-state index is 12.9. The predicted octanol–water partition coefficient (Wildman–Crippen LogP) is 5.35. The van der Waals surface area contributed by atoms with E-state index in [4.69, 9.17) is 20.5 Å². The van der Waals surface area contributed by atoms with Gasteiger partial charge in [-0.25, -0.2) is 0 Å². The smallest absolute Gasteiger partial charge is 0.339 e. The summed E-state index contributed by atoms with van der Waals surface area (Å²) in [6, 6.07) is 19.2. The van der Waals surface area contributed by atoms with Crippen LogP contribution in [0.4, 0.5) is 4.79 Å². The van der Waals surface area contributed by atoms with E-state index >= 15 is 0 Å². The minimum Gasteiger partial charge on any atom is -0.493 e. The van der Waals surface area contributed by atoms with Gasteiger partial charge in [-0.05, 0) is 65.4 Å². The third kappa shape index (κ3) is 5.27. The van der Waals surface area contributed by atoms with Gasteiger partial charge in [0.25, 0.3) is 11.1 Å². The first-order valence-corrected chi connectivity index (χ1v) is 12.5. The normalized spacial score (nSPS) is 15.1. The van der Waals surface area contributed by atoms with E-state index in [1.165, 1.54) is 37.5 Å². The molecule has 0 spiro atoms. The molecule has 34 heavy (non-hydrogen) atoms. The number of imide groups is 1. The Bertz CT molecular complexity index is 1370. The van der Waals surface area contributed by atoms with Crippen LogP contribution in [0.2, 0.25) is 5.02 Å². The number of nitrogens with zero attached hydrogens (tertiary/aromatic N) is 1. The Morgan fingerprint density at radius 1 is 0.971 bits per heavy atom. The van der Waals surface area contributed by atoms with E-state index in [0.717, 1.165) is 22.2 Å². The van der Waals surface area contributed by atoms with Gasteiger partial charge in [-0.15, -0.1) is 0 Å². The van der Waals surface area contributed by atoms with Gasteiger partial charge in [-0.2, -0.15) is 8.42 Å². The number of rotatable bonds is 7. The molecule has 0 bridgehead atoms. The van der Waals surface area contributed by atoms with E-state index in [0.29, 0.717) is 10.6 Å². The van der Waals surface area contributed by atoms with Gasteiger partial charge < -0.3 is 8.92 Å². The first-order valence-electron chi connectivity index (χ1n) is 9.94. The van der Waals surface area contributed by atoms with Gasteiger partial charge in [-0.1, -0.05) is 48.0 Å². The second-order valence-corrected chi connectivity index (χ2v) is 10.1. The van der Waals surface area contributed by atoms with Crippen molar-refractivity contribution in [2.75, 3.05) is 7.11 Å². The van der Waals surface area contributed by atoms with E-state index in [2.05, 4.69) is 0 Å². The van der Waals surface area contributed by atoms with Gasteiger partial charge >= 0.3 is 10.1 Å². The van der Waals surface area contributed by atoms with Crippen molar-refractivity contribution in [3.63, 3.8) is 0 Å². The Morgan fingerprint density at radius 2 is 1.68 bits per heavy atom. The molecule has 3 aromatic rings. The highest BCUT2D eigenvalue weighted by Gasteiger charge is 2.35. The molecule has 0 radical (unpaired) electrons. The van der Waals surface area contributed by atoms with E-state index in [9.17, 15) is 18.0 Å². The molecule has 1 saturated heterocycles. The summed E-state index contributed by atoms with van der Waals surface area (Å²) >= 11 is 6.70. The first-order chi connectivity index (χ1) is 16.3. The molecular formula is C24H18ClNO6S2. The van der Waals surface area contributed by atoms with Crippen molar-refractivity contribution in [1.29, 1.82) is 0 Å². The minimum absolute atomic E-state index is 0.00854. The molecule has 1 heterocycles. The van der Waals surface area contributed by atoms with Crippen LogP contribution in [0.1, 0.15) is 11.1 Å². The Balaban J connectivity index is 1.59. The van der Waals surface area contributed by atoms with Crippen molar-refractivity contribution in [1.82, 2.24) is 4.90 Å². The average molecular weight is 516 g/mol. The van der Waals surface area contributed by atoms with Crippen LogP contribution in [-0.4, -0.2) is 31.6 Å². The van der Waals surface area contributed by atoms with Crippen molar-refractivity contribution < 1.29 is 26.9 Å². The molecule has 0 unspecified atom stereocenters. The monoisotopic (exact) mass is 515 g/mol. The largest absolute Gasteiger partial charge is 0.493 e. The fraction of sp³-hybridized carbons (Fsp3) is 0.0833. The summed E-state index contributed by atoms with van der Waals surface area (Å²) < 4.78 is 35.8. The van der Waals surface area contributed by atoms with Crippen molar-refractivity contribution in [3.05, 3.63) is 93.9 Å². The fourth-order valence-electron chi connectivity index (χ4n) is 3.16. The van der Waals surface area contributed by atoms with Gasteiger partial charge in [0.2, 0.25) is 0 Å². The number of hydrogen-bond donors (Lipinski definition) is 0. The van der Waals surface area contributed by atoms with Gasteiger partial charge in [-0.3, -0.25) is 14.5 Å². The highest BCUT2D eigenvalue weighted by atomic mass is 35.5. The zero-order chi connectivity index (χ0) is 24.3. The molecular weight excluding hydrogens is 498 g/mol. The zero-order valence-corrected chi connectivity index (χ0v) is 20.2. The Labute approximate surface area is 206 Å². The number of carbonyl (C=O) groups is 2. The Hall–Kier alpha value is -3.27. The number of carbonyl (C=O) groups excluding carboxylic acids is 2. The maximum Gasteiger partial charge on any atom is 0.339 e. The molecule has 174 valence electrons. The fourth-order valence-corrected chi connectivity index (χ4v) is 5.08. The Morgan fingerprint density at radius 3 is 2.35 bits per heavy atom. The lowest BCUT2D eigenvalue weighted by molar-refractivity contribution is -0.123. The van der Waals surface area contributed by atoms with Crippen LogP contribution in [0.3, 0.4) is 0 Å². The van der Waals surface area contributed by atoms with E-state index in [1.807, 2.05) is 0 Å². The third-order valence-corrected chi connectivity index (χ3v) is 7.25. The van der Waals surface area contributed by atoms with Crippen LogP contribution in [0.5, 0.6) is 11.5 Å². The lowest BCUT2D eigenvalue weighted by atomic mass is 10.1. The summed E-state index contributed by atoms with van der Waals surface area (Å²) in [7, 11) is -2.71. The number of halogens is 1. The van der Waals surface area contributed by atoms with Gasteiger partial charge in [0.1, 0.15) is 4.90 Å². The highest BCUT2D eigenvalue weighted by molar-refractivity contribution is 8.18. The van der Waals surface area contributed by atoms with Crippen molar-refractivity contribution in [3.8, 4) is 11.5 Å². The maximum absolute atomic E-state index is 12.9. The molecule has 4 rings (SSSR count). The molecule has 0 aromatic heterocycles. The second kappa shape index (κ2) is 9.92. The lowest BCUT2D eigenvalue weighted by Gasteiger charge is -2.12. The van der Waals surface area contributed by atoms with Crippen LogP contribution < -0.4 is 8.92 Å². The van der Waals surface area contributed by atoms with Crippen molar-refractivity contribution >= 4 is 50.7 Å². The van der Waals surface area contributed by atoms with Crippen LogP contribution in [0.15, 0.2) is 82.6 Å². The number of hydrogen-bond acceptors (Lipinski definition) is 7. The number of benzene rings is 3. The number of thioether (sulfide) groups is 1. The molecule has 0 atom stereocenters. The zero-order valence-electron chi connectivity index (χ0n) is 17.8. The summed E-state index contributed by atoms with van der Waals surface area (Å²) in [6.07, 6.45) is 1.51. The topological polar surface area (TPSA) is 90.0 Å². The van der Waals surface area contributed by atoms with Gasteiger partial charge in [0.05, 0.1) is 18.6 Å². The molecule has 0 saturated carbocycles. The quantitative estimate of drug-likeness (QED) is 0.309. The van der Waals surface area contributed by atoms with E-state index in [-0.39, 0.29) is 27.8 Å². The SMILES string of the molecule is COc1ccc(/C=C2\SC(=O)N(Cc3ccc(Cl)cc3)C2=O)cc1OS(=O)(=O)c1ccccc1. The molecule has 1 fully saturated rings. The summed E-state index contributed by atoms with van der Waals surface area (Å²) in [6.45, 7) is 0.117. The standard InChI is InChI=1S/C24H18ClNO6S2/c1-31-20-12-9-17(13-21(20)32-34(29,30)19-5-3-2-4-6-19)14-22-23(27)26(24(28)33-22)15-16-7-10-18(25)11-8-16/h2-14H,15H2,1H3/b22-14-. The summed E-state index contributed by atoms with van der Waals surface area (Å²) in [5, 5.41) is 0.160. The van der Waals surface area contributed by atoms with E-state index in [1.54, 1.807) is 48.5 Å². The second-order valence-electron chi connectivity index (χ2n) is 7.16. The van der Waals surface area contributed by atoms with Crippen molar-refractivity contribution in [2.24, 2.45) is 0 Å². The van der Waals surface area contributed by atoms with Crippen LogP contribution >= 0.6 is 23.4 Å². The van der Waals surface area contributed by atoms with Gasteiger partial charge in [0.15, 0.2) is 11.5 Å². The van der Waals surface area contributed by atoms with Crippen LogP contribution in [0.25, 0.3) is 6.08 Å². The summed E-state index contributed by atoms with van der Waals surface area (Å²) in [5.74, 6) is -0.284. The van der Waals surface area contributed by atoms with Crippen molar-refractivity contribution in [2.45, 2.75) is 11.4 Å². The molecule has 0 aliphatic carbocycles. The van der Waals surface area contributed by atoms with Gasteiger partial charge in [0, 0.05) is 5.02 Å². The Kier molecular flexibility index (Phi) is 6.97. The number of ether oxygens (including phenoxy) is 1. The third-order valence-electron chi connectivity index (χ3n) is 4.84. The van der Waals surface area contributed by atoms with E-state index < -0.39 is 21.3 Å². The van der Waals surface area contributed by atoms with Crippen LogP contribution in [-0.2, 0) is 21.5 Å². The predicted molar refractivity (Wildman–Crippen MR) is 130 cm³/mol. The molecule has 10 heteroatoms. The first kappa shape index (κ1) is 23.9. The summed E-state index contributed by atoms with van der Waals surface area (Å²) in [4.78, 5) is 26.6. The molecule has 0 N–H and O–H groups in total. The summed E-state index contributed by atoms with van der Waals surface area (Å²) in [5.41, 5.74) is 1.23. The van der Waals surface area contributed by atoms with Crippen LogP contribution in [0, 0.1) is 0 Å². The highest BCUT2D eigenvalue weighted by Crippen LogP contribution is 2.36. The minimum atomic E-state index is -4.10. The lowest BCUT2D eigenvalue weighted by Crippen LogP contribution is -2.27. The number of methoxy groups -OCH3 is 1. The molecule has 3 aromatic carbocycles. The average Bonchev–Trinajstić information content (AvgIpc) is 3.08.